The number of carboxylic acid groups (broad SMARTS) is 1. The summed E-state index contributed by atoms with van der Waals surface area (Å²) in [6.07, 6.45) is 1.15. The van der Waals surface area contributed by atoms with E-state index in [0.717, 1.165) is 0 Å². The van der Waals surface area contributed by atoms with E-state index < -0.39 is 35.6 Å². The summed E-state index contributed by atoms with van der Waals surface area (Å²) in [7, 11) is 0. The summed E-state index contributed by atoms with van der Waals surface area (Å²) in [5, 5.41) is 12.1. The third kappa shape index (κ3) is 4.61. The number of rotatable bonds is 4. The maximum absolute atomic E-state index is 13.3. The van der Waals surface area contributed by atoms with Crippen molar-refractivity contribution in [2.75, 3.05) is 13.1 Å². The average Bonchev–Trinajstić information content (AvgIpc) is 2.67. The number of carboxylic acids is 1. The molecule has 5 nitrogen and oxygen atoms in total. The van der Waals surface area contributed by atoms with Crippen LogP contribution in [0.25, 0.3) is 0 Å². The van der Waals surface area contributed by atoms with Crippen LogP contribution in [-0.2, 0) is 4.79 Å². The number of halogens is 2. The van der Waals surface area contributed by atoms with Crippen molar-refractivity contribution in [1.82, 2.24) is 10.2 Å². The summed E-state index contributed by atoms with van der Waals surface area (Å²) < 4.78 is 26.6. The van der Waals surface area contributed by atoms with Gasteiger partial charge in [0, 0.05) is 13.1 Å². The summed E-state index contributed by atoms with van der Waals surface area (Å²) in [4.78, 5) is 25.4. The van der Waals surface area contributed by atoms with Gasteiger partial charge in [0.1, 0.15) is 11.6 Å². The zero-order valence-electron chi connectivity index (χ0n) is 14.6. The second kappa shape index (κ2) is 8.16. The van der Waals surface area contributed by atoms with Crippen molar-refractivity contribution in [2.45, 2.75) is 18.9 Å². The molecule has 1 unspecified atom stereocenters. The van der Waals surface area contributed by atoms with Gasteiger partial charge in [0.25, 0.3) is 0 Å². The summed E-state index contributed by atoms with van der Waals surface area (Å²) in [6.45, 7) is 0.607. The van der Waals surface area contributed by atoms with Gasteiger partial charge in [-0.1, -0.05) is 24.3 Å². The Morgan fingerprint density at radius 3 is 2.00 bits per heavy atom. The van der Waals surface area contributed by atoms with Gasteiger partial charge in [-0.2, -0.15) is 0 Å². The molecule has 2 aromatic rings. The SMILES string of the molecule is O=C(O)C1CCCN(C(=O)NC(c2ccc(F)cc2)c2ccc(F)cc2)C1. The largest absolute Gasteiger partial charge is 0.481 e. The molecule has 0 spiro atoms. The number of piperidine rings is 1. The monoisotopic (exact) mass is 374 g/mol. The molecule has 2 aromatic carbocycles. The standard InChI is InChI=1S/C20H20F2N2O3/c21-16-7-3-13(4-8-16)18(14-5-9-17(22)10-6-14)23-20(27)24-11-1-2-15(12-24)19(25)26/h3-10,15,18H,1-2,11-12H2,(H,23,27)(H,25,26). The minimum absolute atomic E-state index is 0.140. The first-order valence-electron chi connectivity index (χ1n) is 8.73. The van der Waals surface area contributed by atoms with E-state index in [1.807, 2.05) is 0 Å². The van der Waals surface area contributed by atoms with Gasteiger partial charge in [-0.25, -0.2) is 13.6 Å². The van der Waals surface area contributed by atoms with Crippen LogP contribution < -0.4 is 5.32 Å². The second-order valence-corrected chi connectivity index (χ2v) is 6.61. The van der Waals surface area contributed by atoms with Crippen LogP contribution in [0.2, 0.25) is 0 Å². The Labute approximate surface area is 155 Å². The first-order chi connectivity index (χ1) is 12.9. The number of hydrogen-bond donors (Lipinski definition) is 2. The number of amides is 2. The third-order valence-corrected chi connectivity index (χ3v) is 4.73. The number of aliphatic carboxylic acids is 1. The second-order valence-electron chi connectivity index (χ2n) is 6.61. The Hall–Kier alpha value is -2.96. The summed E-state index contributed by atoms with van der Waals surface area (Å²) in [5.41, 5.74) is 1.28. The van der Waals surface area contributed by atoms with Crippen molar-refractivity contribution in [3.05, 3.63) is 71.3 Å². The molecule has 0 radical (unpaired) electrons. The quantitative estimate of drug-likeness (QED) is 0.860. The number of likely N-dealkylation sites (tertiary alicyclic amines) is 1. The molecule has 1 heterocycles. The van der Waals surface area contributed by atoms with Crippen molar-refractivity contribution in [3.8, 4) is 0 Å². The highest BCUT2D eigenvalue weighted by atomic mass is 19.1. The van der Waals surface area contributed by atoms with E-state index in [2.05, 4.69) is 5.32 Å². The van der Waals surface area contributed by atoms with Crippen molar-refractivity contribution in [3.63, 3.8) is 0 Å². The van der Waals surface area contributed by atoms with E-state index in [-0.39, 0.29) is 6.54 Å². The fourth-order valence-electron chi connectivity index (χ4n) is 3.25. The van der Waals surface area contributed by atoms with Crippen LogP contribution >= 0.6 is 0 Å². The topological polar surface area (TPSA) is 69.6 Å². The molecule has 0 aromatic heterocycles. The lowest BCUT2D eigenvalue weighted by Crippen LogP contribution is -2.48. The van der Waals surface area contributed by atoms with Crippen LogP contribution in [0.4, 0.5) is 13.6 Å². The Bertz CT molecular complexity index is 763. The van der Waals surface area contributed by atoms with Crippen LogP contribution in [0, 0.1) is 17.6 Å². The van der Waals surface area contributed by atoms with Gasteiger partial charge in [0.15, 0.2) is 0 Å². The van der Waals surface area contributed by atoms with E-state index in [0.29, 0.717) is 30.5 Å². The maximum atomic E-state index is 13.3. The number of hydrogen-bond acceptors (Lipinski definition) is 2. The molecule has 2 amide bonds. The van der Waals surface area contributed by atoms with E-state index in [4.69, 9.17) is 0 Å². The summed E-state index contributed by atoms with van der Waals surface area (Å²) in [5.74, 6) is -2.30. The molecule has 0 aliphatic carbocycles. The average molecular weight is 374 g/mol. The molecule has 27 heavy (non-hydrogen) atoms. The molecular weight excluding hydrogens is 354 g/mol. The highest BCUT2D eigenvalue weighted by molar-refractivity contribution is 5.77. The number of benzene rings is 2. The summed E-state index contributed by atoms with van der Waals surface area (Å²) in [6, 6.07) is 10.4. The number of carbonyl (C=O) groups excluding carboxylic acids is 1. The molecule has 1 fully saturated rings. The van der Waals surface area contributed by atoms with Crippen molar-refractivity contribution < 1.29 is 23.5 Å². The minimum atomic E-state index is -0.916. The highest BCUT2D eigenvalue weighted by Gasteiger charge is 2.29. The number of nitrogens with one attached hydrogen (secondary N) is 1. The molecule has 0 saturated carbocycles. The molecule has 1 atom stereocenters. The Morgan fingerprint density at radius 1 is 1.00 bits per heavy atom. The van der Waals surface area contributed by atoms with Gasteiger partial charge < -0.3 is 15.3 Å². The Kier molecular flexibility index (Phi) is 5.69. The fraction of sp³-hybridized carbons (Fsp3) is 0.300. The van der Waals surface area contributed by atoms with Crippen LogP contribution in [-0.4, -0.2) is 35.1 Å². The maximum Gasteiger partial charge on any atom is 0.318 e. The minimum Gasteiger partial charge on any atom is -0.481 e. The molecule has 1 aliphatic rings. The van der Waals surface area contributed by atoms with Crippen molar-refractivity contribution in [1.29, 1.82) is 0 Å². The predicted molar refractivity (Wildman–Crippen MR) is 95.1 cm³/mol. The zero-order chi connectivity index (χ0) is 19.4. The molecule has 7 heteroatoms. The van der Waals surface area contributed by atoms with Gasteiger partial charge >= 0.3 is 12.0 Å². The van der Waals surface area contributed by atoms with E-state index in [9.17, 15) is 23.5 Å². The molecule has 2 N–H and O–H groups in total. The van der Waals surface area contributed by atoms with Gasteiger partial charge in [-0.15, -0.1) is 0 Å². The van der Waals surface area contributed by atoms with Gasteiger partial charge in [0.05, 0.1) is 12.0 Å². The molecule has 3 rings (SSSR count). The highest BCUT2D eigenvalue weighted by Crippen LogP contribution is 2.24. The van der Waals surface area contributed by atoms with Crippen molar-refractivity contribution in [2.24, 2.45) is 5.92 Å². The number of nitrogens with zero attached hydrogens (tertiary/aromatic N) is 1. The van der Waals surface area contributed by atoms with Crippen LogP contribution in [0.3, 0.4) is 0 Å². The normalized spacial score (nSPS) is 17.0. The lowest BCUT2D eigenvalue weighted by molar-refractivity contribution is -0.143. The first kappa shape index (κ1) is 18.8. The third-order valence-electron chi connectivity index (χ3n) is 4.73. The van der Waals surface area contributed by atoms with Gasteiger partial charge in [0.2, 0.25) is 0 Å². The van der Waals surface area contributed by atoms with Gasteiger partial charge in [-0.05, 0) is 48.2 Å². The number of carbonyl (C=O) groups is 2. The smallest absolute Gasteiger partial charge is 0.318 e. The lowest BCUT2D eigenvalue weighted by atomic mass is 9.97. The Balaban J connectivity index is 1.82. The lowest BCUT2D eigenvalue weighted by Gasteiger charge is -2.32. The van der Waals surface area contributed by atoms with Crippen LogP contribution in [0.15, 0.2) is 48.5 Å². The molecule has 1 saturated heterocycles. The number of urea groups is 1. The fourth-order valence-corrected chi connectivity index (χ4v) is 3.25. The molecule has 142 valence electrons. The van der Waals surface area contributed by atoms with Gasteiger partial charge in [-0.3, -0.25) is 4.79 Å². The summed E-state index contributed by atoms with van der Waals surface area (Å²) >= 11 is 0. The first-order valence-corrected chi connectivity index (χ1v) is 8.73. The van der Waals surface area contributed by atoms with Crippen LogP contribution in [0.1, 0.15) is 30.0 Å². The molecule has 0 bridgehead atoms. The molecule has 1 aliphatic heterocycles. The van der Waals surface area contributed by atoms with E-state index in [1.165, 1.54) is 29.2 Å². The Morgan fingerprint density at radius 2 is 1.52 bits per heavy atom. The van der Waals surface area contributed by atoms with Crippen molar-refractivity contribution >= 4 is 12.0 Å². The molecular formula is C20H20F2N2O3. The van der Waals surface area contributed by atoms with Crippen LogP contribution in [0.5, 0.6) is 0 Å². The predicted octanol–water partition coefficient (Wildman–Crippen LogP) is 3.56. The van der Waals surface area contributed by atoms with E-state index >= 15 is 0 Å². The van der Waals surface area contributed by atoms with E-state index in [1.54, 1.807) is 24.3 Å². The zero-order valence-corrected chi connectivity index (χ0v) is 14.6.